The molecule has 0 radical (unpaired) electrons. The highest BCUT2D eigenvalue weighted by atomic mass is 16.5. The summed E-state index contributed by atoms with van der Waals surface area (Å²) >= 11 is 0. The molecule has 0 saturated heterocycles. The maximum absolute atomic E-state index is 5.39. The first-order valence-electron chi connectivity index (χ1n) is 7.93. The quantitative estimate of drug-likeness (QED) is 0.764. The van der Waals surface area contributed by atoms with Crippen LogP contribution in [-0.4, -0.2) is 16.7 Å². The molecule has 4 nitrogen and oxygen atoms in total. The van der Waals surface area contributed by atoms with Gasteiger partial charge >= 0.3 is 0 Å². The molecule has 114 valence electrons. The second kappa shape index (κ2) is 8.57. The van der Waals surface area contributed by atoms with E-state index in [4.69, 9.17) is 4.52 Å². The molecule has 1 aromatic carbocycles. The molecule has 2 aromatic rings. The Balaban J connectivity index is 2.02. The number of hydrogen-bond donors (Lipinski definition) is 1. The Hall–Kier alpha value is -1.68. The normalized spacial score (nSPS) is 12.5. The van der Waals surface area contributed by atoms with Crippen LogP contribution in [-0.2, 0) is 12.8 Å². The van der Waals surface area contributed by atoms with Gasteiger partial charge in [0.15, 0.2) is 5.82 Å². The molecule has 0 amide bonds. The van der Waals surface area contributed by atoms with Gasteiger partial charge in [-0.3, -0.25) is 0 Å². The van der Waals surface area contributed by atoms with Crippen LogP contribution in [0.15, 0.2) is 34.9 Å². The van der Waals surface area contributed by atoms with Gasteiger partial charge in [0.1, 0.15) is 0 Å². The minimum absolute atomic E-state index is 0.227. The molecule has 4 heteroatoms. The van der Waals surface area contributed by atoms with Crippen molar-refractivity contribution >= 4 is 0 Å². The highest BCUT2D eigenvalue weighted by Crippen LogP contribution is 2.17. The van der Waals surface area contributed by atoms with Gasteiger partial charge in [-0.05, 0) is 24.9 Å². The molecule has 1 N–H and O–H groups in total. The van der Waals surface area contributed by atoms with E-state index in [2.05, 4.69) is 53.6 Å². The molecule has 0 saturated carbocycles. The second-order valence-corrected chi connectivity index (χ2v) is 5.33. The van der Waals surface area contributed by atoms with E-state index in [1.54, 1.807) is 0 Å². The highest BCUT2D eigenvalue weighted by Gasteiger charge is 2.15. The minimum atomic E-state index is 0.227. The first kappa shape index (κ1) is 15.7. The third-order valence-corrected chi connectivity index (χ3v) is 3.49. The standard InChI is InChI=1S/C17H25N3O/c1-3-5-11-16-19-17(21-20-16)13-15(18-12-4-2)14-9-7-6-8-10-14/h6-10,15,18H,3-5,11-13H2,1-2H3. The molecule has 0 aliphatic rings. The fourth-order valence-corrected chi connectivity index (χ4v) is 2.30. The summed E-state index contributed by atoms with van der Waals surface area (Å²) in [5, 5.41) is 7.63. The largest absolute Gasteiger partial charge is 0.339 e. The van der Waals surface area contributed by atoms with E-state index in [0.29, 0.717) is 0 Å². The second-order valence-electron chi connectivity index (χ2n) is 5.33. The predicted octanol–water partition coefficient (Wildman–Crippen LogP) is 3.70. The third-order valence-electron chi connectivity index (χ3n) is 3.49. The number of hydrogen-bond acceptors (Lipinski definition) is 4. The van der Waals surface area contributed by atoms with Crippen molar-refractivity contribution in [2.75, 3.05) is 6.54 Å². The summed E-state index contributed by atoms with van der Waals surface area (Å²) in [4.78, 5) is 4.50. The van der Waals surface area contributed by atoms with Crippen molar-refractivity contribution in [3.63, 3.8) is 0 Å². The molecule has 21 heavy (non-hydrogen) atoms. The fourth-order valence-electron chi connectivity index (χ4n) is 2.30. The zero-order chi connectivity index (χ0) is 14.9. The van der Waals surface area contributed by atoms with Crippen molar-refractivity contribution in [1.82, 2.24) is 15.5 Å². The molecule has 1 unspecified atom stereocenters. The van der Waals surface area contributed by atoms with Gasteiger partial charge in [0.05, 0.1) is 0 Å². The number of aryl methyl sites for hydroxylation is 1. The summed E-state index contributed by atoms with van der Waals surface area (Å²) in [5.74, 6) is 1.55. The summed E-state index contributed by atoms with van der Waals surface area (Å²) < 4.78 is 5.39. The molecule has 0 aliphatic heterocycles. The Morgan fingerprint density at radius 3 is 2.67 bits per heavy atom. The topological polar surface area (TPSA) is 51.0 Å². The summed E-state index contributed by atoms with van der Waals surface area (Å²) in [6, 6.07) is 10.7. The molecular weight excluding hydrogens is 262 g/mol. The van der Waals surface area contributed by atoms with E-state index in [1.807, 2.05) is 6.07 Å². The van der Waals surface area contributed by atoms with Gasteiger partial charge in [0.25, 0.3) is 0 Å². The maximum atomic E-state index is 5.39. The van der Waals surface area contributed by atoms with Crippen molar-refractivity contribution in [1.29, 1.82) is 0 Å². The first-order chi connectivity index (χ1) is 10.3. The predicted molar refractivity (Wildman–Crippen MR) is 84.1 cm³/mol. The van der Waals surface area contributed by atoms with Crippen molar-refractivity contribution in [3.05, 3.63) is 47.6 Å². The van der Waals surface area contributed by atoms with Gasteiger partial charge in [-0.15, -0.1) is 0 Å². The molecule has 1 atom stereocenters. The van der Waals surface area contributed by atoms with Crippen LogP contribution in [0.5, 0.6) is 0 Å². The van der Waals surface area contributed by atoms with Gasteiger partial charge in [0.2, 0.25) is 5.89 Å². The van der Waals surface area contributed by atoms with Crippen molar-refractivity contribution in [3.8, 4) is 0 Å². The van der Waals surface area contributed by atoms with Crippen LogP contribution in [0, 0.1) is 0 Å². The Labute approximate surface area is 127 Å². The first-order valence-corrected chi connectivity index (χ1v) is 7.93. The van der Waals surface area contributed by atoms with Gasteiger partial charge in [0, 0.05) is 18.9 Å². The van der Waals surface area contributed by atoms with Crippen LogP contribution >= 0.6 is 0 Å². The van der Waals surface area contributed by atoms with Crippen LogP contribution in [0.25, 0.3) is 0 Å². The summed E-state index contributed by atoms with van der Waals surface area (Å²) in [5.41, 5.74) is 1.26. The Morgan fingerprint density at radius 2 is 1.95 bits per heavy atom. The average molecular weight is 287 g/mol. The molecular formula is C17H25N3O. The Bertz CT molecular complexity index is 510. The van der Waals surface area contributed by atoms with Gasteiger partial charge in [-0.25, -0.2) is 0 Å². The fraction of sp³-hybridized carbons (Fsp3) is 0.529. The summed E-state index contributed by atoms with van der Waals surface area (Å²) in [7, 11) is 0. The number of nitrogens with zero attached hydrogens (tertiary/aromatic N) is 2. The number of benzene rings is 1. The minimum Gasteiger partial charge on any atom is -0.339 e. The van der Waals surface area contributed by atoms with Crippen LogP contribution in [0.2, 0.25) is 0 Å². The zero-order valence-corrected chi connectivity index (χ0v) is 13.0. The molecule has 1 aromatic heterocycles. The summed E-state index contributed by atoms with van der Waals surface area (Å²) in [6.45, 7) is 5.32. The van der Waals surface area contributed by atoms with E-state index in [9.17, 15) is 0 Å². The molecule has 2 rings (SSSR count). The smallest absolute Gasteiger partial charge is 0.228 e. The summed E-state index contributed by atoms with van der Waals surface area (Å²) in [6.07, 6.45) is 5.00. The van der Waals surface area contributed by atoms with Crippen molar-refractivity contribution in [2.45, 2.75) is 52.0 Å². The highest BCUT2D eigenvalue weighted by molar-refractivity contribution is 5.19. The number of nitrogens with one attached hydrogen (secondary N) is 1. The number of aromatic nitrogens is 2. The SMILES string of the molecule is CCCCc1noc(CC(NCCC)c2ccccc2)n1. The molecule has 0 bridgehead atoms. The van der Waals surface area contributed by atoms with Crippen molar-refractivity contribution < 1.29 is 4.52 Å². The zero-order valence-electron chi connectivity index (χ0n) is 13.0. The monoisotopic (exact) mass is 287 g/mol. The molecule has 1 heterocycles. The lowest BCUT2D eigenvalue weighted by Gasteiger charge is -2.17. The Kier molecular flexibility index (Phi) is 6.41. The maximum Gasteiger partial charge on any atom is 0.228 e. The van der Waals surface area contributed by atoms with E-state index in [1.165, 1.54) is 5.56 Å². The van der Waals surface area contributed by atoms with Gasteiger partial charge < -0.3 is 9.84 Å². The van der Waals surface area contributed by atoms with Gasteiger partial charge in [-0.1, -0.05) is 55.8 Å². The average Bonchev–Trinajstić information content (AvgIpc) is 2.97. The lowest BCUT2D eigenvalue weighted by Crippen LogP contribution is -2.24. The lowest BCUT2D eigenvalue weighted by atomic mass is 10.0. The van der Waals surface area contributed by atoms with Crippen LogP contribution in [0.4, 0.5) is 0 Å². The Morgan fingerprint density at radius 1 is 1.14 bits per heavy atom. The van der Waals surface area contributed by atoms with Crippen LogP contribution in [0.3, 0.4) is 0 Å². The molecule has 0 fully saturated rings. The van der Waals surface area contributed by atoms with Crippen LogP contribution in [0.1, 0.15) is 56.4 Å². The van der Waals surface area contributed by atoms with Crippen LogP contribution < -0.4 is 5.32 Å². The van der Waals surface area contributed by atoms with Gasteiger partial charge in [-0.2, -0.15) is 4.98 Å². The van der Waals surface area contributed by atoms with E-state index < -0.39 is 0 Å². The molecule has 0 spiro atoms. The van der Waals surface area contributed by atoms with Crippen molar-refractivity contribution in [2.24, 2.45) is 0 Å². The molecule has 0 aliphatic carbocycles. The van der Waals surface area contributed by atoms with E-state index in [0.717, 1.165) is 50.4 Å². The van der Waals surface area contributed by atoms with E-state index >= 15 is 0 Å². The third kappa shape index (κ3) is 4.97. The number of unbranched alkanes of at least 4 members (excludes halogenated alkanes) is 1. The van der Waals surface area contributed by atoms with E-state index in [-0.39, 0.29) is 6.04 Å². The number of rotatable bonds is 9. The lowest BCUT2D eigenvalue weighted by molar-refractivity contribution is 0.354.